The molecule has 0 fully saturated rings. The van der Waals surface area contributed by atoms with E-state index in [0.29, 0.717) is 13.0 Å². The smallest absolute Gasteiger partial charge is 0.243 e. The first-order chi connectivity index (χ1) is 14.3. The lowest BCUT2D eigenvalue weighted by Crippen LogP contribution is -2.54. The zero-order chi connectivity index (χ0) is 22.3. The van der Waals surface area contributed by atoms with E-state index < -0.39 is 6.04 Å². The first kappa shape index (κ1) is 24.0. The molecule has 0 saturated heterocycles. The SMILES string of the molecule is CCCC(C(=O)NCc1ccc(-c2scnc2C)cc1)N(C)C(=O)C(NC)C(C)C. The van der Waals surface area contributed by atoms with E-state index in [1.54, 1.807) is 30.3 Å². The molecule has 1 aromatic carbocycles. The van der Waals surface area contributed by atoms with Gasteiger partial charge in [0, 0.05) is 13.6 Å². The molecule has 2 amide bonds. The molecule has 0 aliphatic heterocycles. The fraction of sp³-hybridized carbons (Fsp3) is 0.522. The van der Waals surface area contributed by atoms with Crippen LogP contribution in [0.2, 0.25) is 0 Å². The fourth-order valence-electron chi connectivity index (χ4n) is 3.55. The fourth-order valence-corrected chi connectivity index (χ4v) is 4.36. The van der Waals surface area contributed by atoms with Crippen molar-refractivity contribution in [2.45, 2.75) is 59.2 Å². The molecule has 2 unspecified atom stereocenters. The highest BCUT2D eigenvalue weighted by Gasteiger charge is 2.31. The minimum atomic E-state index is -0.476. The summed E-state index contributed by atoms with van der Waals surface area (Å²) in [5, 5.41) is 6.08. The molecular formula is C23H34N4O2S. The summed E-state index contributed by atoms with van der Waals surface area (Å²) >= 11 is 1.62. The average Bonchev–Trinajstić information content (AvgIpc) is 3.16. The van der Waals surface area contributed by atoms with Crippen LogP contribution in [0, 0.1) is 12.8 Å². The molecule has 0 aliphatic carbocycles. The van der Waals surface area contributed by atoms with E-state index in [0.717, 1.165) is 28.1 Å². The monoisotopic (exact) mass is 430 g/mol. The van der Waals surface area contributed by atoms with E-state index in [2.05, 4.69) is 27.8 Å². The number of likely N-dealkylation sites (N-methyl/N-ethyl adjacent to an activating group) is 2. The summed E-state index contributed by atoms with van der Waals surface area (Å²) in [6, 6.07) is 7.38. The highest BCUT2D eigenvalue weighted by molar-refractivity contribution is 7.13. The lowest BCUT2D eigenvalue weighted by atomic mass is 10.0. The number of thiazole rings is 1. The van der Waals surface area contributed by atoms with Gasteiger partial charge in [-0.3, -0.25) is 9.59 Å². The Bertz CT molecular complexity index is 832. The molecule has 0 radical (unpaired) electrons. The van der Waals surface area contributed by atoms with Gasteiger partial charge < -0.3 is 15.5 Å². The number of aryl methyl sites for hydroxylation is 1. The summed E-state index contributed by atoms with van der Waals surface area (Å²) in [4.78, 5) is 32.8. The maximum absolute atomic E-state index is 12.9. The van der Waals surface area contributed by atoms with Crippen molar-refractivity contribution >= 4 is 23.2 Å². The number of carbonyl (C=O) groups is 2. The Balaban J connectivity index is 2.02. The Labute approximate surface area is 184 Å². The van der Waals surface area contributed by atoms with Crippen LogP contribution in [0.25, 0.3) is 10.4 Å². The third kappa shape index (κ3) is 5.89. The zero-order valence-electron chi connectivity index (χ0n) is 18.9. The third-order valence-corrected chi connectivity index (χ3v) is 6.33. The zero-order valence-corrected chi connectivity index (χ0v) is 19.7. The summed E-state index contributed by atoms with van der Waals surface area (Å²) < 4.78 is 0. The maximum atomic E-state index is 12.9. The second kappa shape index (κ2) is 11.2. The van der Waals surface area contributed by atoms with E-state index in [1.165, 1.54) is 0 Å². The van der Waals surface area contributed by atoms with Crippen LogP contribution >= 0.6 is 11.3 Å². The largest absolute Gasteiger partial charge is 0.350 e. The molecule has 164 valence electrons. The molecule has 7 heteroatoms. The van der Waals surface area contributed by atoms with Crippen LogP contribution in [0.3, 0.4) is 0 Å². The lowest BCUT2D eigenvalue weighted by Gasteiger charge is -2.31. The molecule has 0 bridgehead atoms. The second-order valence-corrected chi connectivity index (χ2v) is 8.80. The Kier molecular flexibility index (Phi) is 8.99. The van der Waals surface area contributed by atoms with E-state index in [4.69, 9.17) is 0 Å². The van der Waals surface area contributed by atoms with Crippen LogP contribution in [0.1, 0.15) is 44.9 Å². The molecule has 1 aromatic heterocycles. The molecule has 2 N–H and O–H groups in total. The Morgan fingerprint density at radius 2 is 1.87 bits per heavy atom. The van der Waals surface area contributed by atoms with Crippen LogP contribution in [0.15, 0.2) is 29.8 Å². The summed E-state index contributed by atoms with van der Waals surface area (Å²) in [5.74, 6) is -0.0185. The van der Waals surface area contributed by atoms with Crippen molar-refractivity contribution < 1.29 is 9.59 Å². The number of rotatable bonds is 10. The summed E-state index contributed by atoms with van der Waals surface area (Å²) in [6.07, 6.45) is 1.46. The molecule has 2 atom stereocenters. The van der Waals surface area contributed by atoms with Crippen molar-refractivity contribution in [2.24, 2.45) is 5.92 Å². The van der Waals surface area contributed by atoms with E-state index in [9.17, 15) is 9.59 Å². The first-order valence-corrected chi connectivity index (χ1v) is 11.4. The van der Waals surface area contributed by atoms with Gasteiger partial charge in [0.1, 0.15) is 6.04 Å². The Hall–Kier alpha value is -2.25. The molecule has 2 rings (SSSR count). The number of amides is 2. The quantitative estimate of drug-likeness (QED) is 0.604. The van der Waals surface area contributed by atoms with E-state index in [-0.39, 0.29) is 23.8 Å². The van der Waals surface area contributed by atoms with Gasteiger partial charge in [-0.2, -0.15) is 0 Å². The van der Waals surface area contributed by atoms with Crippen LogP contribution in [-0.2, 0) is 16.1 Å². The molecule has 1 heterocycles. The molecule has 0 saturated carbocycles. The normalized spacial score (nSPS) is 13.2. The second-order valence-electron chi connectivity index (χ2n) is 7.95. The number of hydrogen-bond donors (Lipinski definition) is 2. The van der Waals surface area contributed by atoms with E-state index in [1.807, 2.05) is 45.3 Å². The van der Waals surface area contributed by atoms with Gasteiger partial charge in [0.2, 0.25) is 11.8 Å². The standard InChI is InChI=1S/C23H34N4O2S/c1-7-8-19(27(6)23(29)20(24-5)15(2)3)22(28)25-13-17-9-11-18(12-10-17)21-16(4)26-14-30-21/h9-12,14-15,19-20,24H,7-8,13H2,1-6H3,(H,25,28). The topological polar surface area (TPSA) is 74.3 Å². The van der Waals surface area contributed by atoms with Crippen molar-refractivity contribution in [1.29, 1.82) is 0 Å². The van der Waals surface area contributed by atoms with Gasteiger partial charge in [-0.05, 0) is 37.4 Å². The highest BCUT2D eigenvalue weighted by Crippen LogP contribution is 2.27. The van der Waals surface area contributed by atoms with Crippen molar-refractivity contribution in [2.75, 3.05) is 14.1 Å². The predicted octanol–water partition coefficient (Wildman–Crippen LogP) is 3.61. The minimum Gasteiger partial charge on any atom is -0.350 e. The maximum Gasteiger partial charge on any atom is 0.243 e. The average molecular weight is 431 g/mol. The third-order valence-electron chi connectivity index (χ3n) is 5.35. The summed E-state index contributed by atoms with van der Waals surface area (Å²) in [7, 11) is 3.50. The predicted molar refractivity (Wildman–Crippen MR) is 123 cm³/mol. The number of carbonyl (C=O) groups excluding carboxylic acids is 2. The number of hydrogen-bond acceptors (Lipinski definition) is 5. The van der Waals surface area contributed by atoms with Crippen LogP contribution < -0.4 is 10.6 Å². The molecule has 30 heavy (non-hydrogen) atoms. The molecule has 6 nitrogen and oxygen atoms in total. The highest BCUT2D eigenvalue weighted by atomic mass is 32.1. The molecular weight excluding hydrogens is 396 g/mol. The lowest BCUT2D eigenvalue weighted by molar-refractivity contribution is -0.141. The van der Waals surface area contributed by atoms with Gasteiger partial charge in [0.25, 0.3) is 0 Å². The van der Waals surface area contributed by atoms with Crippen molar-refractivity contribution in [3.8, 4) is 10.4 Å². The van der Waals surface area contributed by atoms with Gasteiger partial charge in [0.15, 0.2) is 0 Å². The van der Waals surface area contributed by atoms with Crippen molar-refractivity contribution in [1.82, 2.24) is 20.5 Å². The van der Waals surface area contributed by atoms with Crippen LogP contribution in [-0.4, -0.2) is 47.9 Å². The van der Waals surface area contributed by atoms with Crippen LogP contribution in [0.5, 0.6) is 0 Å². The number of aromatic nitrogens is 1. The minimum absolute atomic E-state index is 0.0506. The van der Waals surface area contributed by atoms with Gasteiger partial charge in [-0.1, -0.05) is 51.5 Å². The van der Waals surface area contributed by atoms with Crippen LogP contribution in [0.4, 0.5) is 0 Å². The molecule has 2 aromatic rings. The van der Waals surface area contributed by atoms with Crippen molar-refractivity contribution in [3.05, 3.63) is 41.0 Å². The first-order valence-electron chi connectivity index (χ1n) is 10.5. The Morgan fingerprint density at radius 1 is 1.20 bits per heavy atom. The van der Waals surface area contributed by atoms with E-state index >= 15 is 0 Å². The Morgan fingerprint density at radius 3 is 2.37 bits per heavy atom. The summed E-state index contributed by atoms with van der Waals surface area (Å²) in [5.41, 5.74) is 5.03. The van der Waals surface area contributed by atoms with Gasteiger partial charge in [-0.15, -0.1) is 11.3 Å². The molecule has 0 spiro atoms. The number of nitrogens with one attached hydrogen (secondary N) is 2. The number of benzene rings is 1. The van der Waals surface area contributed by atoms with Gasteiger partial charge in [0.05, 0.1) is 22.1 Å². The van der Waals surface area contributed by atoms with Gasteiger partial charge in [-0.25, -0.2) is 4.98 Å². The van der Waals surface area contributed by atoms with Crippen molar-refractivity contribution in [3.63, 3.8) is 0 Å². The number of nitrogens with zero attached hydrogens (tertiary/aromatic N) is 2. The summed E-state index contributed by atoms with van der Waals surface area (Å²) in [6.45, 7) is 8.46. The van der Waals surface area contributed by atoms with Gasteiger partial charge >= 0.3 is 0 Å². The molecule has 0 aliphatic rings.